The van der Waals surface area contributed by atoms with Gasteiger partial charge in [0.05, 0.1) is 23.1 Å². The maximum atomic E-state index is 12.5. The highest BCUT2D eigenvalue weighted by atomic mass is 35.5. The fraction of sp³-hybridized carbons (Fsp3) is 0.400. The van der Waals surface area contributed by atoms with E-state index in [4.69, 9.17) is 11.6 Å². The van der Waals surface area contributed by atoms with Gasteiger partial charge in [0.15, 0.2) is 0 Å². The number of nitrogens with zero attached hydrogens (tertiary/aromatic N) is 1. The molecule has 6 heteroatoms. The van der Waals surface area contributed by atoms with Gasteiger partial charge in [-0.05, 0) is 31.0 Å². The molecular weight excluding hydrogens is 294 g/mol. The molecule has 0 aromatic heterocycles. The Morgan fingerprint density at radius 3 is 2.24 bits per heavy atom. The Bertz CT molecular complexity index is 619. The lowest BCUT2D eigenvalue weighted by molar-refractivity contribution is -0.122. The van der Waals surface area contributed by atoms with Crippen LogP contribution in [0.2, 0.25) is 5.02 Å². The monoisotopic (exact) mass is 307 g/mol. The van der Waals surface area contributed by atoms with Crippen LogP contribution in [0.25, 0.3) is 0 Å². The van der Waals surface area contributed by atoms with Crippen LogP contribution in [0.3, 0.4) is 0 Å². The molecule has 1 heterocycles. The molecule has 2 fully saturated rings. The summed E-state index contributed by atoms with van der Waals surface area (Å²) in [6.07, 6.45) is 3.25. The van der Waals surface area contributed by atoms with E-state index in [0.29, 0.717) is 12.8 Å². The summed E-state index contributed by atoms with van der Waals surface area (Å²) in [7, 11) is 0. The molecule has 2 unspecified atom stereocenters. The van der Waals surface area contributed by atoms with Crippen LogP contribution in [0.15, 0.2) is 18.2 Å². The zero-order chi connectivity index (χ0) is 15.1. The molecule has 0 bridgehead atoms. The van der Waals surface area contributed by atoms with E-state index in [2.05, 4.69) is 0 Å². The van der Waals surface area contributed by atoms with Crippen LogP contribution in [0.4, 0.5) is 5.69 Å². The second-order valence-corrected chi connectivity index (χ2v) is 5.91. The molecule has 0 radical (unpaired) electrons. The number of amides is 2. The number of fused-ring (bicyclic) bond motifs is 1. The Hall–Kier alpha value is -1.88. The van der Waals surface area contributed by atoms with Crippen LogP contribution in [0.5, 0.6) is 0 Å². The second kappa shape index (κ2) is 5.15. The van der Waals surface area contributed by atoms with Gasteiger partial charge in [0.1, 0.15) is 0 Å². The zero-order valence-corrected chi connectivity index (χ0v) is 12.0. The third kappa shape index (κ3) is 2.21. The van der Waals surface area contributed by atoms with Crippen LogP contribution in [0, 0.1) is 11.8 Å². The van der Waals surface area contributed by atoms with Crippen molar-refractivity contribution >= 4 is 35.1 Å². The largest absolute Gasteiger partial charge is 0.478 e. The number of carboxylic acid groups (broad SMARTS) is 1. The summed E-state index contributed by atoms with van der Waals surface area (Å²) in [5.74, 6) is -2.38. The Balaban J connectivity index is 2.06. The number of halogens is 1. The van der Waals surface area contributed by atoms with Gasteiger partial charge in [-0.2, -0.15) is 0 Å². The summed E-state index contributed by atoms with van der Waals surface area (Å²) in [5, 5.41) is 9.53. The van der Waals surface area contributed by atoms with Gasteiger partial charge < -0.3 is 5.11 Å². The van der Waals surface area contributed by atoms with Gasteiger partial charge >= 0.3 is 5.97 Å². The third-order valence-corrected chi connectivity index (χ3v) is 4.51. The average Bonchev–Trinajstić information content (AvgIpc) is 2.72. The molecule has 0 spiro atoms. The minimum atomic E-state index is -1.21. The van der Waals surface area contributed by atoms with Gasteiger partial charge in [-0.15, -0.1) is 0 Å². The van der Waals surface area contributed by atoms with E-state index >= 15 is 0 Å². The molecule has 1 N–H and O–H groups in total. The first kappa shape index (κ1) is 14.1. The Morgan fingerprint density at radius 2 is 1.71 bits per heavy atom. The van der Waals surface area contributed by atoms with Crippen LogP contribution in [-0.2, 0) is 9.59 Å². The molecule has 1 aromatic rings. The quantitative estimate of drug-likeness (QED) is 0.852. The maximum absolute atomic E-state index is 12.5. The molecule has 1 saturated heterocycles. The number of imide groups is 1. The molecule has 2 atom stereocenters. The summed E-state index contributed by atoms with van der Waals surface area (Å²) < 4.78 is 0. The van der Waals surface area contributed by atoms with Gasteiger partial charge in [-0.3, -0.25) is 9.59 Å². The van der Waals surface area contributed by atoms with Gasteiger partial charge in [0, 0.05) is 5.02 Å². The van der Waals surface area contributed by atoms with E-state index < -0.39 is 5.97 Å². The van der Waals surface area contributed by atoms with Crippen molar-refractivity contribution in [2.45, 2.75) is 25.7 Å². The molecule has 1 saturated carbocycles. The zero-order valence-electron chi connectivity index (χ0n) is 11.2. The van der Waals surface area contributed by atoms with Crippen LogP contribution in [-0.4, -0.2) is 22.9 Å². The molecule has 21 heavy (non-hydrogen) atoms. The van der Waals surface area contributed by atoms with E-state index in [1.165, 1.54) is 18.2 Å². The van der Waals surface area contributed by atoms with Crippen LogP contribution in [0.1, 0.15) is 36.0 Å². The Morgan fingerprint density at radius 1 is 1.14 bits per heavy atom. The SMILES string of the molecule is O=C(O)c1cc(Cl)ccc1N1C(=O)C2CCCCC2C1=O. The lowest BCUT2D eigenvalue weighted by Gasteiger charge is -2.19. The normalized spacial score (nSPS) is 25.1. The number of aromatic carboxylic acids is 1. The van der Waals surface area contributed by atoms with E-state index in [0.717, 1.165) is 17.7 Å². The highest BCUT2D eigenvalue weighted by Crippen LogP contribution is 2.41. The van der Waals surface area contributed by atoms with Crippen molar-refractivity contribution in [3.8, 4) is 0 Å². The van der Waals surface area contributed by atoms with E-state index in [1.807, 2.05) is 0 Å². The topological polar surface area (TPSA) is 74.7 Å². The highest BCUT2D eigenvalue weighted by Gasteiger charge is 2.49. The molecule has 110 valence electrons. The molecule has 1 aliphatic carbocycles. The number of benzene rings is 1. The summed E-state index contributed by atoms with van der Waals surface area (Å²) in [4.78, 5) is 37.4. The van der Waals surface area contributed by atoms with E-state index in [1.54, 1.807) is 0 Å². The van der Waals surface area contributed by atoms with Crippen molar-refractivity contribution in [2.75, 3.05) is 4.90 Å². The lowest BCUT2D eigenvalue weighted by atomic mass is 9.81. The molecule has 2 amide bonds. The number of hydrogen-bond acceptors (Lipinski definition) is 3. The number of carbonyl (C=O) groups excluding carboxylic acids is 2. The fourth-order valence-corrected chi connectivity index (χ4v) is 3.45. The van der Waals surface area contributed by atoms with E-state index in [-0.39, 0.29) is 39.9 Å². The first-order valence-corrected chi connectivity index (χ1v) is 7.29. The van der Waals surface area contributed by atoms with E-state index in [9.17, 15) is 19.5 Å². The van der Waals surface area contributed by atoms with Gasteiger partial charge in [0.2, 0.25) is 11.8 Å². The molecule has 5 nitrogen and oxygen atoms in total. The molecule has 2 aliphatic rings. The molecular formula is C15H14ClNO4. The minimum Gasteiger partial charge on any atom is -0.478 e. The fourth-order valence-electron chi connectivity index (χ4n) is 3.27. The lowest BCUT2D eigenvalue weighted by Crippen LogP contribution is -2.32. The standard InChI is InChI=1S/C15H14ClNO4/c16-8-5-6-12(11(7-8)15(20)21)17-13(18)9-3-1-2-4-10(9)14(17)19/h5-7,9-10H,1-4H2,(H,20,21). The van der Waals surface area contributed by atoms with Crippen molar-refractivity contribution in [1.82, 2.24) is 0 Å². The number of anilines is 1. The smallest absolute Gasteiger partial charge is 0.337 e. The van der Waals surface area contributed by atoms with Crippen LogP contribution < -0.4 is 4.90 Å². The molecule has 3 rings (SSSR count). The first-order valence-electron chi connectivity index (χ1n) is 6.91. The van der Waals surface area contributed by atoms with Crippen molar-refractivity contribution < 1.29 is 19.5 Å². The highest BCUT2D eigenvalue weighted by molar-refractivity contribution is 6.31. The van der Waals surface area contributed by atoms with Crippen molar-refractivity contribution in [3.05, 3.63) is 28.8 Å². The second-order valence-electron chi connectivity index (χ2n) is 5.48. The van der Waals surface area contributed by atoms with Crippen molar-refractivity contribution in [1.29, 1.82) is 0 Å². The number of hydrogen-bond donors (Lipinski definition) is 1. The summed E-state index contributed by atoms with van der Waals surface area (Å²) in [6.45, 7) is 0. The van der Waals surface area contributed by atoms with Gasteiger partial charge in [-0.25, -0.2) is 9.69 Å². The molecule has 1 aliphatic heterocycles. The predicted octanol–water partition coefficient (Wildman–Crippen LogP) is 2.72. The molecule has 1 aromatic carbocycles. The van der Waals surface area contributed by atoms with Gasteiger partial charge in [-0.1, -0.05) is 24.4 Å². The Labute approximate surface area is 126 Å². The Kier molecular flexibility index (Phi) is 3.45. The first-order chi connectivity index (χ1) is 10.0. The number of carboxylic acids is 1. The number of rotatable bonds is 2. The summed E-state index contributed by atoms with van der Waals surface area (Å²) >= 11 is 5.81. The third-order valence-electron chi connectivity index (χ3n) is 4.27. The predicted molar refractivity (Wildman–Crippen MR) is 76.4 cm³/mol. The van der Waals surface area contributed by atoms with Crippen LogP contribution >= 0.6 is 11.6 Å². The van der Waals surface area contributed by atoms with Gasteiger partial charge in [0.25, 0.3) is 0 Å². The minimum absolute atomic E-state index is 0.122. The summed E-state index contributed by atoms with van der Waals surface area (Å²) in [6, 6.07) is 4.19. The van der Waals surface area contributed by atoms with Crippen molar-refractivity contribution in [3.63, 3.8) is 0 Å². The summed E-state index contributed by atoms with van der Waals surface area (Å²) in [5.41, 5.74) is -0.000790. The van der Waals surface area contributed by atoms with Crippen molar-refractivity contribution in [2.24, 2.45) is 11.8 Å². The average molecular weight is 308 g/mol. The number of carbonyl (C=O) groups is 3. The maximum Gasteiger partial charge on any atom is 0.337 e.